The van der Waals surface area contributed by atoms with Crippen molar-refractivity contribution in [1.82, 2.24) is 20.2 Å². The number of fused-ring (bicyclic) bond motifs is 1. The molecule has 2 fully saturated rings. The van der Waals surface area contributed by atoms with Crippen LogP contribution in [0.25, 0.3) is 0 Å². The van der Waals surface area contributed by atoms with Crippen molar-refractivity contribution in [2.24, 2.45) is 5.73 Å². The summed E-state index contributed by atoms with van der Waals surface area (Å²) in [7, 11) is 3.33. The zero-order valence-corrected chi connectivity index (χ0v) is 26.7. The summed E-state index contributed by atoms with van der Waals surface area (Å²) >= 11 is 0. The zero-order valence-electron chi connectivity index (χ0n) is 26.7. The maximum atomic E-state index is 13.2. The number of likely N-dealkylation sites (N-methyl/N-ethyl adjacent to an activating group) is 1. The number of hydrogen-bond donors (Lipinski definition) is 4. The summed E-state index contributed by atoms with van der Waals surface area (Å²) in [6.07, 6.45) is 8.66. The minimum absolute atomic E-state index is 0.0185. The number of carbonyl (C=O) groups excluding carboxylic acids is 2. The van der Waals surface area contributed by atoms with Crippen molar-refractivity contribution in [2.45, 2.75) is 88.9 Å². The number of nitrogens with two attached hydrogens (primary N) is 1. The second-order valence-electron chi connectivity index (χ2n) is 12.7. The van der Waals surface area contributed by atoms with Gasteiger partial charge in [-0.1, -0.05) is 19.8 Å². The Hall–Kier alpha value is -3.97. The number of aliphatic carboxylic acids is 1. The van der Waals surface area contributed by atoms with Crippen LogP contribution in [0.5, 0.6) is 5.75 Å². The van der Waals surface area contributed by atoms with E-state index in [4.69, 9.17) is 15.5 Å². The Labute approximate surface area is 264 Å². The first kappa shape index (κ1) is 32.4. The Morgan fingerprint density at radius 2 is 1.89 bits per heavy atom. The molecule has 1 aromatic carbocycles. The summed E-state index contributed by atoms with van der Waals surface area (Å²) in [5, 5.41) is 15.6. The van der Waals surface area contributed by atoms with Crippen LogP contribution in [0, 0.1) is 0 Å². The van der Waals surface area contributed by atoms with E-state index < -0.39 is 11.5 Å². The highest BCUT2D eigenvalue weighted by Crippen LogP contribution is 2.40. The molecule has 1 saturated heterocycles. The third kappa shape index (κ3) is 6.99. The van der Waals surface area contributed by atoms with E-state index in [1.54, 1.807) is 43.5 Å². The number of methoxy groups -OCH3 is 1. The van der Waals surface area contributed by atoms with Crippen molar-refractivity contribution >= 4 is 40.9 Å². The standard InChI is InChI=1S/C32H46N8O5/c1-5-24-29(42)38(3)25-19-34-31(37-27(25)40(24)22-8-6-7-9-22)36-23-11-10-20(18-26(23)45-4)28(41)35-21-12-15-39(16-13-21)17-14-32(2,33)30(43)44/h10-11,18-19,21-22,24H,5-9,12-17,33H2,1-4H3,(H,35,41)(H,43,44)(H,34,36,37)/t24-,32-/m1/s1. The highest BCUT2D eigenvalue weighted by Gasteiger charge is 2.41. The largest absolute Gasteiger partial charge is 0.495 e. The molecular weight excluding hydrogens is 576 g/mol. The zero-order chi connectivity index (χ0) is 32.3. The molecule has 2 amide bonds. The summed E-state index contributed by atoms with van der Waals surface area (Å²) in [6.45, 7) is 5.69. The van der Waals surface area contributed by atoms with Gasteiger partial charge >= 0.3 is 5.97 Å². The predicted octanol–water partition coefficient (Wildman–Crippen LogP) is 3.12. The normalized spacial score (nSPS) is 20.9. The van der Waals surface area contributed by atoms with Crippen LogP contribution in [0.4, 0.5) is 23.1 Å². The molecule has 0 bridgehead atoms. The third-order valence-electron chi connectivity index (χ3n) is 9.48. The van der Waals surface area contributed by atoms with Crippen LogP contribution in [-0.4, -0.2) is 95.2 Å². The van der Waals surface area contributed by atoms with Crippen LogP contribution < -0.4 is 30.9 Å². The number of benzene rings is 1. The summed E-state index contributed by atoms with van der Waals surface area (Å²) < 4.78 is 5.64. The third-order valence-corrected chi connectivity index (χ3v) is 9.48. The lowest BCUT2D eigenvalue weighted by molar-refractivity contribution is -0.143. The van der Waals surface area contributed by atoms with Crippen molar-refractivity contribution in [3.05, 3.63) is 30.0 Å². The Kier molecular flexibility index (Phi) is 9.78. The number of nitrogens with one attached hydrogen (secondary N) is 2. The van der Waals surface area contributed by atoms with Gasteiger partial charge < -0.3 is 40.9 Å². The molecule has 2 atom stereocenters. The van der Waals surface area contributed by atoms with Crippen molar-refractivity contribution < 1.29 is 24.2 Å². The second-order valence-corrected chi connectivity index (χ2v) is 12.7. The van der Waals surface area contributed by atoms with Crippen LogP contribution >= 0.6 is 0 Å². The number of likely N-dealkylation sites (tertiary alicyclic amines) is 1. The summed E-state index contributed by atoms with van der Waals surface area (Å²) in [4.78, 5) is 53.1. The fourth-order valence-electron chi connectivity index (χ4n) is 6.57. The molecule has 0 spiro atoms. The van der Waals surface area contributed by atoms with Crippen molar-refractivity contribution in [3.63, 3.8) is 0 Å². The molecular formula is C32H46N8O5. The van der Waals surface area contributed by atoms with Gasteiger partial charge in [0.25, 0.3) is 5.91 Å². The topological polar surface area (TPSA) is 166 Å². The maximum absolute atomic E-state index is 13.2. The minimum atomic E-state index is -1.25. The van der Waals surface area contributed by atoms with E-state index in [1.165, 1.54) is 6.92 Å². The van der Waals surface area contributed by atoms with E-state index in [1.807, 2.05) is 6.92 Å². The van der Waals surface area contributed by atoms with Gasteiger partial charge in [-0.2, -0.15) is 4.98 Å². The summed E-state index contributed by atoms with van der Waals surface area (Å²) in [5.74, 6) is 0.501. The van der Waals surface area contributed by atoms with Gasteiger partial charge in [0.1, 0.15) is 23.0 Å². The Morgan fingerprint density at radius 3 is 2.53 bits per heavy atom. The first-order chi connectivity index (χ1) is 21.5. The molecule has 1 saturated carbocycles. The highest BCUT2D eigenvalue weighted by atomic mass is 16.5. The molecule has 45 heavy (non-hydrogen) atoms. The lowest BCUT2D eigenvalue weighted by Gasteiger charge is -2.43. The molecule has 13 nitrogen and oxygen atoms in total. The molecule has 0 unspecified atom stereocenters. The quantitative estimate of drug-likeness (QED) is 0.291. The van der Waals surface area contributed by atoms with E-state index in [0.717, 1.165) is 57.4 Å². The van der Waals surface area contributed by atoms with Crippen LogP contribution in [0.15, 0.2) is 24.4 Å². The molecule has 5 N–H and O–H groups in total. The first-order valence-electron chi connectivity index (χ1n) is 16.0. The number of aromatic nitrogens is 2. The summed E-state index contributed by atoms with van der Waals surface area (Å²) in [6, 6.07) is 5.25. The van der Waals surface area contributed by atoms with E-state index in [9.17, 15) is 19.5 Å². The lowest BCUT2D eigenvalue weighted by atomic mass is 9.98. The van der Waals surface area contributed by atoms with Crippen LogP contribution in [-0.2, 0) is 9.59 Å². The molecule has 1 aromatic heterocycles. The van der Waals surface area contributed by atoms with E-state index >= 15 is 0 Å². The Morgan fingerprint density at radius 1 is 1.18 bits per heavy atom. The van der Waals surface area contributed by atoms with Crippen LogP contribution in [0.2, 0.25) is 0 Å². The van der Waals surface area contributed by atoms with Gasteiger partial charge in [-0.25, -0.2) is 4.98 Å². The molecule has 1 aliphatic carbocycles. The molecule has 13 heteroatoms. The molecule has 3 heterocycles. The molecule has 2 aromatic rings. The van der Waals surface area contributed by atoms with E-state index in [0.29, 0.717) is 48.0 Å². The molecule has 244 valence electrons. The number of hydrogen-bond acceptors (Lipinski definition) is 10. The van der Waals surface area contributed by atoms with Crippen molar-refractivity contribution in [2.75, 3.05) is 48.9 Å². The fourth-order valence-corrected chi connectivity index (χ4v) is 6.57. The number of ether oxygens (including phenoxy) is 1. The second kappa shape index (κ2) is 13.6. The van der Waals surface area contributed by atoms with Crippen molar-refractivity contribution in [3.8, 4) is 5.75 Å². The molecule has 2 aliphatic heterocycles. The average Bonchev–Trinajstić information content (AvgIpc) is 3.57. The number of nitrogens with zero attached hydrogens (tertiary/aromatic N) is 5. The van der Waals surface area contributed by atoms with Gasteiger partial charge in [-0.05, 0) is 63.6 Å². The first-order valence-corrected chi connectivity index (χ1v) is 16.0. The number of carbonyl (C=O) groups is 3. The number of amides is 2. The van der Waals surface area contributed by atoms with E-state index in [-0.39, 0.29) is 29.9 Å². The number of anilines is 4. The Balaban J connectivity index is 1.24. The van der Waals surface area contributed by atoms with Gasteiger partial charge in [0.05, 0.1) is 19.0 Å². The number of piperidine rings is 1. The number of carboxylic acids is 1. The highest BCUT2D eigenvalue weighted by molar-refractivity contribution is 6.04. The predicted molar refractivity (Wildman–Crippen MR) is 172 cm³/mol. The molecule has 0 radical (unpaired) electrons. The Bertz CT molecular complexity index is 1400. The minimum Gasteiger partial charge on any atom is -0.495 e. The van der Waals surface area contributed by atoms with Crippen molar-refractivity contribution in [1.29, 1.82) is 0 Å². The molecule has 5 rings (SSSR count). The van der Waals surface area contributed by atoms with Gasteiger partial charge in [-0.15, -0.1) is 0 Å². The van der Waals surface area contributed by atoms with Gasteiger partial charge in [0.2, 0.25) is 11.9 Å². The number of rotatable bonds is 11. The fraction of sp³-hybridized carbons (Fsp3) is 0.594. The lowest BCUT2D eigenvalue weighted by Crippen LogP contribution is -2.55. The van der Waals surface area contributed by atoms with Gasteiger partial charge in [-0.3, -0.25) is 14.4 Å². The average molecular weight is 623 g/mol. The monoisotopic (exact) mass is 622 g/mol. The molecule has 3 aliphatic rings. The van der Waals surface area contributed by atoms with Crippen LogP contribution in [0.1, 0.15) is 75.6 Å². The SMILES string of the molecule is CC[C@@H]1C(=O)N(C)c2cnc(Nc3ccc(C(=O)NC4CCN(CC[C@@](C)(N)C(=O)O)CC4)cc3OC)nc2N1C1CCCC1. The summed E-state index contributed by atoms with van der Waals surface area (Å²) in [5.41, 5.74) is 6.42. The van der Waals surface area contributed by atoms with Crippen LogP contribution in [0.3, 0.4) is 0 Å². The smallest absolute Gasteiger partial charge is 0.323 e. The number of carboxylic acid groups (broad SMARTS) is 1. The maximum Gasteiger partial charge on any atom is 0.323 e. The van der Waals surface area contributed by atoms with Gasteiger partial charge in [0, 0.05) is 44.3 Å². The van der Waals surface area contributed by atoms with Gasteiger partial charge in [0.15, 0.2) is 5.82 Å². The van der Waals surface area contributed by atoms with E-state index in [2.05, 4.69) is 25.4 Å².